The van der Waals surface area contributed by atoms with E-state index in [1.807, 2.05) is 11.0 Å². The maximum Gasteiger partial charge on any atom is 0.319 e. The van der Waals surface area contributed by atoms with Crippen LogP contribution >= 0.6 is 22.9 Å². The van der Waals surface area contributed by atoms with Gasteiger partial charge < -0.3 is 21.1 Å². The number of allylic oxidation sites excluding steroid dienone is 1. The zero-order chi connectivity index (χ0) is 33.9. The molecule has 1 aromatic carbocycles. The number of nitrogens with zero attached hydrogens (tertiary/aromatic N) is 5. The number of aromatic nitrogens is 3. The average Bonchev–Trinajstić information content (AvgIpc) is 3.71. The largest absolute Gasteiger partial charge is 0.461 e. The smallest absolute Gasteiger partial charge is 0.319 e. The van der Waals surface area contributed by atoms with E-state index in [1.54, 1.807) is 0 Å². The molecule has 0 radical (unpaired) electrons. The van der Waals surface area contributed by atoms with Gasteiger partial charge in [-0.1, -0.05) is 25.1 Å². The summed E-state index contributed by atoms with van der Waals surface area (Å²) >= 11 is 7.98. The van der Waals surface area contributed by atoms with Gasteiger partial charge in [0.25, 0.3) is 6.08 Å². The minimum atomic E-state index is -1.67. The zero-order valence-corrected chi connectivity index (χ0v) is 27.5. The molecule has 4 aromatic rings. The fraction of sp³-hybridized carbons (Fsp3) is 0.394. The first-order valence-electron chi connectivity index (χ1n) is 15.6. The van der Waals surface area contributed by atoms with Gasteiger partial charge in [-0.3, -0.25) is 9.88 Å². The Kier molecular flexibility index (Phi) is 8.43. The van der Waals surface area contributed by atoms with Crippen molar-refractivity contribution in [1.82, 2.24) is 25.2 Å². The maximum absolute atomic E-state index is 17.1. The number of fused-ring (bicyclic) bond motifs is 2. The third-order valence-corrected chi connectivity index (χ3v) is 10.9. The summed E-state index contributed by atoms with van der Waals surface area (Å²) in [5.74, 6) is -1.21. The molecule has 3 aliphatic heterocycles. The number of pyridine rings is 1. The summed E-state index contributed by atoms with van der Waals surface area (Å²) in [4.78, 5) is 15.4. The van der Waals surface area contributed by atoms with E-state index in [9.17, 15) is 18.4 Å². The van der Waals surface area contributed by atoms with E-state index in [0.717, 1.165) is 24.0 Å². The number of hydrogen-bond donors (Lipinski definition) is 3. The minimum Gasteiger partial charge on any atom is -0.461 e. The van der Waals surface area contributed by atoms with Crippen LogP contribution in [0.1, 0.15) is 43.7 Å². The second-order valence-electron chi connectivity index (χ2n) is 12.7. The van der Waals surface area contributed by atoms with Gasteiger partial charge in [0.15, 0.2) is 11.6 Å². The lowest BCUT2D eigenvalue weighted by Gasteiger charge is -2.30. The third-order valence-electron chi connectivity index (χ3n) is 9.49. The molecule has 15 heteroatoms. The van der Waals surface area contributed by atoms with Gasteiger partial charge >= 0.3 is 6.01 Å². The Labute approximate surface area is 282 Å². The van der Waals surface area contributed by atoms with Gasteiger partial charge in [-0.25, -0.2) is 8.78 Å². The molecule has 3 aliphatic rings. The van der Waals surface area contributed by atoms with Gasteiger partial charge in [-0.2, -0.15) is 24.0 Å². The minimum absolute atomic E-state index is 0.0231. The fourth-order valence-electron chi connectivity index (χ4n) is 7.28. The normalized spacial score (nSPS) is 21.6. The van der Waals surface area contributed by atoms with Crippen molar-refractivity contribution in [2.75, 3.05) is 50.4 Å². The number of rotatable bonds is 4. The lowest BCUT2D eigenvalue weighted by molar-refractivity contribution is 0.108. The van der Waals surface area contributed by atoms with Crippen LogP contribution in [-0.2, 0) is 0 Å². The van der Waals surface area contributed by atoms with Gasteiger partial charge in [0.05, 0.1) is 43.7 Å². The Morgan fingerprint density at radius 3 is 2.85 bits per heavy atom. The Balaban J connectivity index is 1.45. The van der Waals surface area contributed by atoms with Crippen LogP contribution in [0.25, 0.3) is 37.8 Å². The van der Waals surface area contributed by atoms with Crippen LogP contribution in [0.4, 0.5) is 28.4 Å². The van der Waals surface area contributed by atoms with Gasteiger partial charge in [0.1, 0.15) is 29.0 Å². The van der Waals surface area contributed by atoms with Crippen LogP contribution in [0.3, 0.4) is 0 Å². The number of nitrogen functional groups attached to an aromatic ring is 1. The number of nitriles is 1. The molecule has 7 rings (SSSR count). The Bertz CT molecular complexity index is 2080. The van der Waals surface area contributed by atoms with Crippen LogP contribution in [0.2, 0.25) is 5.02 Å². The van der Waals surface area contributed by atoms with E-state index in [0.29, 0.717) is 50.2 Å². The molecule has 6 heterocycles. The molecule has 2 saturated heterocycles. The second kappa shape index (κ2) is 12.5. The van der Waals surface area contributed by atoms with E-state index in [-0.39, 0.29) is 90.7 Å². The summed E-state index contributed by atoms with van der Waals surface area (Å²) < 4.78 is 65.5. The number of nitrogens with two attached hydrogens (primary N) is 1. The van der Waals surface area contributed by atoms with Crippen molar-refractivity contribution in [3.8, 4) is 23.3 Å². The molecule has 0 bridgehead atoms. The van der Waals surface area contributed by atoms with Gasteiger partial charge in [-0.05, 0) is 50.3 Å². The van der Waals surface area contributed by atoms with Crippen LogP contribution in [0, 0.1) is 28.9 Å². The predicted octanol–water partition coefficient (Wildman–Crippen LogP) is 7.11. The van der Waals surface area contributed by atoms with E-state index in [4.69, 9.17) is 22.1 Å². The molecule has 9 nitrogen and oxygen atoms in total. The van der Waals surface area contributed by atoms with Crippen molar-refractivity contribution in [3.63, 3.8) is 0 Å². The Morgan fingerprint density at radius 2 is 2.08 bits per heavy atom. The lowest BCUT2D eigenvalue weighted by Crippen LogP contribution is -2.43. The topological polar surface area (TPSA) is 125 Å². The third kappa shape index (κ3) is 5.33. The first-order chi connectivity index (χ1) is 23.0. The van der Waals surface area contributed by atoms with E-state index in [2.05, 4.69) is 39.1 Å². The summed E-state index contributed by atoms with van der Waals surface area (Å²) in [5, 5.41) is 16.9. The molecular weight excluding hydrogens is 668 g/mol. The quantitative estimate of drug-likeness (QED) is 0.191. The van der Waals surface area contributed by atoms with Crippen LogP contribution in [0.5, 0.6) is 6.01 Å². The number of hydrogen-bond acceptors (Lipinski definition) is 10. The highest BCUT2D eigenvalue weighted by atomic mass is 35.5. The molecule has 2 atom stereocenters. The summed E-state index contributed by atoms with van der Waals surface area (Å²) in [7, 11) is 0. The molecule has 250 valence electrons. The zero-order valence-electron chi connectivity index (χ0n) is 26.0. The van der Waals surface area contributed by atoms with Crippen molar-refractivity contribution < 1.29 is 22.3 Å². The molecule has 3 aromatic heterocycles. The van der Waals surface area contributed by atoms with E-state index < -0.39 is 23.3 Å². The molecule has 4 N–H and O–H groups in total. The maximum atomic E-state index is 17.1. The fourth-order valence-corrected chi connectivity index (χ4v) is 8.60. The van der Waals surface area contributed by atoms with E-state index >= 15 is 4.39 Å². The highest BCUT2D eigenvalue weighted by molar-refractivity contribution is 7.23. The highest BCUT2D eigenvalue weighted by Crippen LogP contribution is 2.49. The van der Waals surface area contributed by atoms with Crippen molar-refractivity contribution in [3.05, 3.63) is 52.2 Å². The van der Waals surface area contributed by atoms with Crippen molar-refractivity contribution in [2.24, 2.45) is 5.92 Å². The van der Waals surface area contributed by atoms with Gasteiger partial charge in [-0.15, -0.1) is 11.3 Å². The second-order valence-corrected chi connectivity index (χ2v) is 14.1. The van der Waals surface area contributed by atoms with E-state index in [1.165, 1.54) is 0 Å². The Morgan fingerprint density at radius 1 is 1.27 bits per heavy atom. The van der Waals surface area contributed by atoms with Crippen molar-refractivity contribution in [1.29, 1.82) is 5.26 Å². The molecule has 1 unspecified atom stereocenters. The first kappa shape index (κ1) is 32.5. The summed E-state index contributed by atoms with van der Waals surface area (Å²) in [6.45, 7) is 8.92. The Hall–Kier alpha value is -4.03. The van der Waals surface area contributed by atoms with Crippen molar-refractivity contribution >= 4 is 60.3 Å². The summed E-state index contributed by atoms with van der Waals surface area (Å²) in [6, 6.07) is 1.84. The molecule has 48 heavy (non-hydrogen) atoms. The molecule has 0 saturated carbocycles. The highest BCUT2D eigenvalue weighted by Gasteiger charge is 2.48. The molecule has 0 aliphatic carbocycles. The number of ether oxygens (including phenoxy) is 1. The lowest BCUT2D eigenvalue weighted by atomic mass is 9.90. The summed E-state index contributed by atoms with van der Waals surface area (Å²) in [5.41, 5.74) is 6.04. The SMILES string of the molecule is C=C1C[C@@H](C)CNCCNc2nc(OCC34CCCN3CC(=C(F)F)C4)nc3c(F)c(-c4ncc(F)c5sc(N)c(C#N)c45)c(Cl)c1c23. The van der Waals surface area contributed by atoms with Crippen LogP contribution < -0.4 is 21.1 Å². The number of benzene rings is 1. The number of anilines is 2. The summed E-state index contributed by atoms with van der Waals surface area (Å²) in [6.07, 6.45) is 1.41. The van der Waals surface area contributed by atoms with Gasteiger partial charge in [0, 0.05) is 36.2 Å². The predicted molar refractivity (Wildman–Crippen MR) is 179 cm³/mol. The first-order valence-corrected chi connectivity index (χ1v) is 16.8. The molecule has 0 amide bonds. The number of halogens is 5. The van der Waals surface area contributed by atoms with Crippen LogP contribution in [-0.4, -0.2) is 64.7 Å². The molecule has 2 fully saturated rings. The number of thiophene rings is 1. The monoisotopic (exact) mass is 698 g/mol. The van der Waals surface area contributed by atoms with Crippen LogP contribution in [0.15, 0.2) is 24.4 Å². The molecular formula is C33H31ClF4N8OS. The average molecular weight is 699 g/mol. The molecule has 0 spiro atoms. The number of nitrogens with one attached hydrogen (secondary N) is 2. The van der Waals surface area contributed by atoms with Crippen molar-refractivity contribution in [2.45, 2.75) is 38.1 Å². The van der Waals surface area contributed by atoms with Gasteiger partial charge in [0.2, 0.25) is 0 Å². The standard InChI is InChI=1S/C33H31ClF4N8OS/c1-15-8-16(2)20-22-27(25(36)23(24(20)34)26-21-18(10-39)30(40)48-28(21)19(35)12-43-26)44-32(45-31(22)42-6-5-41-11-15)47-14-33-4-3-7-46(33)13-17(9-33)29(37)38/h12,15,41H,2-9,11,13-14,40H2,1H3,(H,42,44,45)/t15-,33?/m1/s1.